The van der Waals surface area contributed by atoms with Gasteiger partial charge in [0.05, 0.1) is 22.3 Å². The van der Waals surface area contributed by atoms with E-state index in [2.05, 4.69) is 11.4 Å². The number of esters is 1. The second-order valence-electron chi connectivity index (χ2n) is 7.44. The molecule has 3 rings (SSSR count). The van der Waals surface area contributed by atoms with Gasteiger partial charge in [0.1, 0.15) is 6.04 Å². The first-order valence-corrected chi connectivity index (χ1v) is 10.3. The van der Waals surface area contributed by atoms with E-state index in [4.69, 9.17) is 9.72 Å². The molecule has 1 aromatic carbocycles. The average Bonchev–Trinajstić information content (AvgIpc) is 3.10. The molecule has 0 radical (unpaired) electrons. The van der Waals surface area contributed by atoms with Crippen molar-refractivity contribution in [2.24, 2.45) is 5.92 Å². The maximum atomic E-state index is 12.6. The minimum atomic E-state index is -0.593. The van der Waals surface area contributed by atoms with Gasteiger partial charge in [-0.25, -0.2) is 14.6 Å². The van der Waals surface area contributed by atoms with Gasteiger partial charge in [0.25, 0.3) is 0 Å². The van der Waals surface area contributed by atoms with Gasteiger partial charge in [-0.05, 0) is 37.3 Å². The van der Waals surface area contributed by atoms with Gasteiger partial charge >= 0.3 is 12.0 Å². The minimum absolute atomic E-state index is 0.186. The average molecular weight is 390 g/mol. The fourth-order valence-electron chi connectivity index (χ4n) is 3.46. The summed E-state index contributed by atoms with van der Waals surface area (Å²) in [5.41, 5.74) is 1.05. The summed E-state index contributed by atoms with van der Waals surface area (Å²) in [4.78, 5) is 31.1. The zero-order valence-electron chi connectivity index (χ0n) is 16.1. The number of urea groups is 1. The van der Waals surface area contributed by atoms with Crippen molar-refractivity contribution < 1.29 is 14.3 Å². The third kappa shape index (κ3) is 4.77. The van der Waals surface area contributed by atoms with Crippen LogP contribution in [0.4, 0.5) is 4.79 Å². The van der Waals surface area contributed by atoms with Crippen molar-refractivity contribution in [2.75, 3.05) is 20.2 Å². The normalized spacial score (nSPS) is 16.5. The number of carbonyl (C=O) groups is 2. The SMILES string of the molecule is COC(=O)[C@H](CC(C)C)NC(=O)N1CCC(c2nc3ccccc3s2)CC1. The molecule has 1 saturated heterocycles. The fourth-order valence-corrected chi connectivity index (χ4v) is 4.60. The number of methoxy groups -OCH3 is 1. The highest BCUT2D eigenvalue weighted by Crippen LogP contribution is 2.33. The molecule has 0 saturated carbocycles. The van der Waals surface area contributed by atoms with Crippen molar-refractivity contribution in [3.05, 3.63) is 29.3 Å². The first-order chi connectivity index (χ1) is 13.0. The van der Waals surface area contributed by atoms with Crippen LogP contribution < -0.4 is 5.32 Å². The Morgan fingerprint density at radius 3 is 2.63 bits per heavy atom. The Balaban J connectivity index is 1.57. The third-order valence-electron chi connectivity index (χ3n) is 4.93. The van der Waals surface area contributed by atoms with Crippen LogP contribution in [0.1, 0.15) is 44.0 Å². The number of nitrogens with one attached hydrogen (secondary N) is 1. The number of para-hydroxylation sites is 1. The molecule has 0 bridgehead atoms. The van der Waals surface area contributed by atoms with Gasteiger partial charge < -0.3 is 15.0 Å². The van der Waals surface area contributed by atoms with E-state index in [0.29, 0.717) is 31.3 Å². The second kappa shape index (κ2) is 8.69. The first-order valence-electron chi connectivity index (χ1n) is 9.46. The molecule has 0 spiro atoms. The summed E-state index contributed by atoms with van der Waals surface area (Å²) in [5, 5.41) is 4.00. The molecule has 0 unspecified atom stereocenters. The molecule has 1 N–H and O–H groups in total. The lowest BCUT2D eigenvalue weighted by molar-refractivity contribution is -0.143. The lowest BCUT2D eigenvalue weighted by Crippen LogP contribution is -2.50. The van der Waals surface area contributed by atoms with E-state index in [1.165, 1.54) is 11.8 Å². The van der Waals surface area contributed by atoms with Crippen LogP contribution in [0.5, 0.6) is 0 Å². The van der Waals surface area contributed by atoms with Crippen LogP contribution in [-0.4, -0.2) is 48.1 Å². The van der Waals surface area contributed by atoms with Gasteiger partial charge in [-0.1, -0.05) is 26.0 Å². The number of aromatic nitrogens is 1. The van der Waals surface area contributed by atoms with Crippen molar-refractivity contribution in [1.29, 1.82) is 0 Å². The molecule has 2 aromatic rings. The van der Waals surface area contributed by atoms with Gasteiger partial charge in [-0.3, -0.25) is 0 Å². The van der Waals surface area contributed by atoms with Gasteiger partial charge in [0.2, 0.25) is 0 Å². The van der Waals surface area contributed by atoms with Crippen LogP contribution in [0.2, 0.25) is 0 Å². The number of fused-ring (bicyclic) bond motifs is 1. The Labute approximate surface area is 163 Å². The molecule has 146 valence electrons. The number of hydrogen-bond donors (Lipinski definition) is 1. The summed E-state index contributed by atoms with van der Waals surface area (Å²) in [6, 6.07) is 7.40. The van der Waals surface area contributed by atoms with Crippen molar-refractivity contribution in [1.82, 2.24) is 15.2 Å². The smallest absolute Gasteiger partial charge is 0.328 e. The Kier molecular flexibility index (Phi) is 6.31. The molecule has 1 atom stereocenters. The van der Waals surface area contributed by atoms with Crippen molar-refractivity contribution in [2.45, 2.75) is 45.1 Å². The van der Waals surface area contributed by atoms with E-state index >= 15 is 0 Å². The quantitative estimate of drug-likeness (QED) is 0.790. The standard InChI is InChI=1S/C20H27N3O3S/c1-13(2)12-16(19(24)26-3)22-20(25)23-10-8-14(9-11-23)18-21-15-6-4-5-7-17(15)27-18/h4-7,13-14,16H,8-12H2,1-3H3,(H,22,25)/t16-/m0/s1. The summed E-state index contributed by atoms with van der Waals surface area (Å²) in [6.07, 6.45) is 2.35. The molecule has 2 heterocycles. The Hall–Kier alpha value is -2.15. The van der Waals surface area contributed by atoms with Gasteiger partial charge in [0, 0.05) is 19.0 Å². The number of carbonyl (C=O) groups excluding carboxylic acids is 2. The van der Waals surface area contributed by atoms with Crippen LogP contribution in [0.25, 0.3) is 10.2 Å². The summed E-state index contributed by atoms with van der Waals surface area (Å²) < 4.78 is 6.04. The van der Waals surface area contributed by atoms with E-state index < -0.39 is 6.04 Å². The largest absolute Gasteiger partial charge is 0.467 e. The molecule has 0 aliphatic carbocycles. The number of hydrogen-bond acceptors (Lipinski definition) is 5. The lowest BCUT2D eigenvalue weighted by atomic mass is 9.97. The predicted octanol–water partition coefficient (Wildman–Crippen LogP) is 3.77. The van der Waals surface area contributed by atoms with Crippen LogP contribution in [-0.2, 0) is 9.53 Å². The van der Waals surface area contributed by atoms with Crippen LogP contribution in [0.15, 0.2) is 24.3 Å². The van der Waals surface area contributed by atoms with Gasteiger partial charge in [-0.15, -0.1) is 11.3 Å². The molecule has 2 amide bonds. The van der Waals surface area contributed by atoms with E-state index in [9.17, 15) is 9.59 Å². The topological polar surface area (TPSA) is 71.5 Å². The number of likely N-dealkylation sites (tertiary alicyclic amines) is 1. The zero-order valence-corrected chi connectivity index (χ0v) is 16.9. The molecule has 1 aliphatic rings. The first kappa shape index (κ1) is 19.6. The molecule has 1 aromatic heterocycles. The monoisotopic (exact) mass is 389 g/mol. The summed E-state index contributed by atoms with van der Waals surface area (Å²) in [6.45, 7) is 5.38. The van der Waals surface area contributed by atoms with E-state index in [0.717, 1.165) is 23.4 Å². The third-order valence-corrected chi connectivity index (χ3v) is 6.13. The molecule has 6 nitrogen and oxygen atoms in total. The second-order valence-corrected chi connectivity index (χ2v) is 8.50. The maximum absolute atomic E-state index is 12.6. The van der Waals surface area contributed by atoms with Crippen molar-refractivity contribution in [3.63, 3.8) is 0 Å². The highest BCUT2D eigenvalue weighted by molar-refractivity contribution is 7.18. The Morgan fingerprint density at radius 1 is 1.30 bits per heavy atom. The minimum Gasteiger partial charge on any atom is -0.467 e. The fraction of sp³-hybridized carbons (Fsp3) is 0.550. The van der Waals surface area contributed by atoms with Crippen molar-refractivity contribution >= 4 is 33.6 Å². The highest BCUT2D eigenvalue weighted by Gasteiger charge is 2.29. The molecule has 1 fully saturated rings. The van der Waals surface area contributed by atoms with Gasteiger partial charge in [-0.2, -0.15) is 0 Å². The number of nitrogens with zero attached hydrogens (tertiary/aromatic N) is 2. The highest BCUT2D eigenvalue weighted by atomic mass is 32.1. The van der Waals surface area contributed by atoms with Crippen LogP contribution >= 0.6 is 11.3 Å². The molecule has 27 heavy (non-hydrogen) atoms. The number of piperidine rings is 1. The van der Waals surface area contributed by atoms with E-state index in [1.807, 2.05) is 32.0 Å². The van der Waals surface area contributed by atoms with Gasteiger partial charge in [0.15, 0.2) is 0 Å². The van der Waals surface area contributed by atoms with Crippen molar-refractivity contribution in [3.8, 4) is 0 Å². The lowest BCUT2D eigenvalue weighted by Gasteiger charge is -2.32. The van der Waals surface area contributed by atoms with E-state index in [1.54, 1.807) is 16.2 Å². The summed E-state index contributed by atoms with van der Waals surface area (Å²) in [7, 11) is 1.35. The van der Waals surface area contributed by atoms with Crippen LogP contribution in [0.3, 0.4) is 0 Å². The van der Waals surface area contributed by atoms with Crippen LogP contribution in [0, 0.1) is 5.92 Å². The Bertz CT molecular complexity index is 764. The number of benzene rings is 1. The molecular weight excluding hydrogens is 362 g/mol. The molecule has 7 heteroatoms. The number of ether oxygens (including phenoxy) is 1. The Morgan fingerprint density at radius 2 is 2.00 bits per heavy atom. The number of amides is 2. The number of rotatable bonds is 5. The summed E-state index contributed by atoms with van der Waals surface area (Å²) in [5.74, 6) is 0.291. The molecule has 1 aliphatic heterocycles. The predicted molar refractivity (Wildman–Crippen MR) is 107 cm³/mol. The maximum Gasteiger partial charge on any atom is 0.328 e. The van der Waals surface area contributed by atoms with E-state index in [-0.39, 0.29) is 12.0 Å². The zero-order chi connectivity index (χ0) is 19.4. The summed E-state index contributed by atoms with van der Waals surface area (Å²) >= 11 is 1.75. The molecular formula is C20H27N3O3S. The number of thiazole rings is 1.